The number of hydrogen-bond donors (Lipinski definition) is 1. The number of benzene rings is 2. The third kappa shape index (κ3) is 4.89. The summed E-state index contributed by atoms with van der Waals surface area (Å²) in [6, 6.07) is 14.3. The van der Waals surface area contributed by atoms with E-state index in [1.165, 1.54) is 0 Å². The van der Waals surface area contributed by atoms with Crippen LogP contribution in [0.25, 0.3) is 0 Å². The van der Waals surface area contributed by atoms with Crippen molar-refractivity contribution in [2.75, 3.05) is 31.1 Å². The summed E-state index contributed by atoms with van der Waals surface area (Å²) in [7, 11) is 0. The standard InChI is InChI=1S/C34H38ClN3O5/c1-23-12-9-15-25(35)28(23)37-20-11-17-34-27(31(41)38(29(34)32(37)42)19-7-4-8-21-39)26-30(40)36(18-10-16-33(26,2)43-34)22-24-13-5-3-6-14-24/h3,5-6,9-17,26-27,29,39H,4,7-8,18-22H2,1-2H3/t26-,27+,29?,33+,34+/m1/s1. The molecule has 8 nitrogen and oxygen atoms in total. The van der Waals surface area contributed by atoms with Gasteiger partial charge in [0.25, 0.3) is 5.91 Å². The lowest BCUT2D eigenvalue weighted by Crippen LogP contribution is -2.56. The second kappa shape index (κ2) is 11.6. The molecule has 0 radical (unpaired) electrons. The molecule has 1 N–H and O–H groups in total. The Bertz CT molecular complexity index is 1460. The highest BCUT2D eigenvalue weighted by Gasteiger charge is 2.74. The fourth-order valence-electron chi connectivity index (χ4n) is 7.49. The largest absolute Gasteiger partial charge is 0.396 e. The van der Waals surface area contributed by atoms with Gasteiger partial charge in [0, 0.05) is 32.8 Å². The summed E-state index contributed by atoms with van der Waals surface area (Å²) in [6.45, 7) is 5.22. The summed E-state index contributed by atoms with van der Waals surface area (Å²) < 4.78 is 6.94. The third-order valence-electron chi connectivity index (χ3n) is 9.37. The number of para-hydroxylation sites is 1. The van der Waals surface area contributed by atoms with Crippen molar-refractivity contribution in [1.82, 2.24) is 9.80 Å². The molecule has 1 unspecified atom stereocenters. The van der Waals surface area contributed by atoms with Crippen molar-refractivity contribution < 1.29 is 24.2 Å². The van der Waals surface area contributed by atoms with Crippen molar-refractivity contribution in [3.05, 3.63) is 89.0 Å². The van der Waals surface area contributed by atoms with E-state index in [1.54, 1.807) is 20.8 Å². The van der Waals surface area contributed by atoms with E-state index in [9.17, 15) is 19.5 Å². The Kier molecular flexibility index (Phi) is 7.96. The number of rotatable bonds is 8. The van der Waals surface area contributed by atoms with E-state index in [0.717, 1.165) is 11.1 Å². The van der Waals surface area contributed by atoms with Crippen LogP contribution < -0.4 is 4.90 Å². The summed E-state index contributed by atoms with van der Waals surface area (Å²) in [4.78, 5) is 48.7. The predicted molar refractivity (Wildman–Crippen MR) is 164 cm³/mol. The molecule has 4 aliphatic rings. The highest BCUT2D eigenvalue weighted by atomic mass is 35.5. The van der Waals surface area contributed by atoms with Gasteiger partial charge in [-0.1, -0.05) is 78.4 Å². The van der Waals surface area contributed by atoms with E-state index in [0.29, 0.717) is 49.6 Å². The zero-order valence-electron chi connectivity index (χ0n) is 24.6. The maximum Gasteiger partial charge on any atom is 0.253 e. The number of ether oxygens (including phenoxy) is 1. The van der Waals surface area contributed by atoms with Gasteiger partial charge in [-0.2, -0.15) is 0 Å². The number of hydrogen-bond acceptors (Lipinski definition) is 5. The molecule has 3 amide bonds. The first-order valence-electron chi connectivity index (χ1n) is 15.1. The van der Waals surface area contributed by atoms with Gasteiger partial charge in [0.05, 0.1) is 28.1 Å². The second-order valence-corrected chi connectivity index (χ2v) is 12.6. The molecule has 226 valence electrons. The van der Waals surface area contributed by atoms with Crippen LogP contribution in [-0.4, -0.2) is 76.1 Å². The Morgan fingerprint density at radius 2 is 1.67 bits per heavy atom. The van der Waals surface area contributed by atoms with Crippen LogP contribution in [-0.2, 0) is 25.7 Å². The van der Waals surface area contributed by atoms with Crippen LogP contribution in [0, 0.1) is 18.8 Å². The van der Waals surface area contributed by atoms with Gasteiger partial charge in [0.2, 0.25) is 11.8 Å². The van der Waals surface area contributed by atoms with E-state index in [2.05, 4.69) is 0 Å². The zero-order valence-corrected chi connectivity index (χ0v) is 25.4. The third-order valence-corrected chi connectivity index (χ3v) is 9.68. The van der Waals surface area contributed by atoms with Crippen molar-refractivity contribution in [2.24, 2.45) is 11.8 Å². The number of aliphatic hydroxyl groups is 1. The predicted octanol–water partition coefficient (Wildman–Crippen LogP) is 4.28. The minimum Gasteiger partial charge on any atom is -0.396 e. The molecule has 0 bridgehead atoms. The van der Waals surface area contributed by atoms with Gasteiger partial charge >= 0.3 is 0 Å². The number of aliphatic hydroxyl groups excluding tert-OH is 1. The molecule has 0 aliphatic carbocycles. The lowest BCUT2D eigenvalue weighted by Gasteiger charge is -2.37. The van der Waals surface area contributed by atoms with Crippen molar-refractivity contribution in [3.63, 3.8) is 0 Å². The summed E-state index contributed by atoms with van der Waals surface area (Å²) in [5, 5.41) is 9.78. The number of carbonyl (C=O) groups excluding carboxylic acids is 3. The molecule has 4 aliphatic heterocycles. The Morgan fingerprint density at radius 3 is 2.42 bits per heavy atom. The number of likely N-dealkylation sites (tertiary alicyclic amines) is 1. The maximum atomic E-state index is 14.7. The molecule has 0 aromatic heterocycles. The second-order valence-electron chi connectivity index (χ2n) is 12.2. The van der Waals surface area contributed by atoms with Crippen LogP contribution in [0.5, 0.6) is 0 Å². The average molecular weight is 604 g/mol. The molecule has 6 rings (SSSR count). The van der Waals surface area contributed by atoms with E-state index in [1.807, 2.05) is 80.6 Å². The molecule has 2 saturated heterocycles. The number of halogens is 1. The SMILES string of the molecule is Cc1cccc(Cl)c1N1CC=C[C@]23O[C@@]4(C)C=CCN(Cc5ccccc5)C(=O)[C@H]4[C@H]2C(=O)N(CCCCCO)C3C1=O. The van der Waals surface area contributed by atoms with Crippen LogP contribution in [0.4, 0.5) is 5.69 Å². The first-order valence-corrected chi connectivity index (χ1v) is 15.5. The molecule has 2 aromatic carbocycles. The van der Waals surface area contributed by atoms with E-state index >= 15 is 0 Å². The van der Waals surface area contributed by atoms with Gasteiger partial charge in [-0.05, 0) is 50.3 Å². The number of amides is 3. The van der Waals surface area contributed by atoms with Gasteiger partial charge in [0.15, 0.2) is 0 Å². The quantitative estimate of drug-likeness (QED) is 0.359. The van der Waals surface area contributed by atoms with E-state index < -0.39 is 29.1 Å². The number of nitrogens with zero attached hydrogens (tertiary/aromatic N) is 3. The molecule has 43 heavy (non-hydrogen) atoms. The number of carbonyl (C=O) groups is 3. The molecule has 2 fully saturated rings. The van der Waals surface area contributed by atoms with Gasteiger partial charge in [-0.3, -0.25) is 14.4 Å². The molecule has 2 aromatic rings. The highest BCUT2D eigenvalue weighted by Crippen LogP contribution is 2.57. The Morgan fingerprint density at radius 1 is 0.907 bits per heavy atom. The topological polar surface area (TPSA) is 90.4 Å². The number of unbranched alkanes of at least 4 members (excludes halogenated alkanes) is 2. The highest BCUT2D eigenvalue weighted by molar-refractivity contribution is 6.34. The van der Waals surface area contributed by atoms with Crippen molar-refractivity contribution >= 4 is 35.0 Å². The minimum atomic E-state index is -1.33. The monoisotopic (exact) mass is 603 g/mol. The number of aryl methyl sites for hydroxylation is 1. The maximum absolute atomic E-state index is 14.7. The number of anilines is 1. The smallest absolute Gasteiger partial charge is 0.253 e. The molecule has 1 spiro atoms. The van der Waals surface area contributed by atoms with Gasteiger partial charge in [-0.15, -0.1) is 0 Å². The van der Waals surface area contributed by atoms with Gasteiger partial charge < -0.3 is 24.5 Å². The summed E-state index contributed by atoms with van der Waals surface area (Å²) in [5.74, 6) is -2.37. The molecule has 0 saturated carbocycles. The number of fused-ring (bicyclic) bond motifs is 2. The summed E-state index contributed by atoms with van der Waals surface area (Å²) >= 11 is 6.65. The fraction of sp³-hybridized carbons (Fsp3) is 0.441. The van der Waals surface area contributed by atoms with Crippen LogP contribution in [0.1, 0.15) is 37.3 Å². The van der Waals surface area contributed by atoms with E-state index in [-0.39, 0.29) is 30.9 Å². The first kappa shape index (κ1) is 29.6. The Balaban J connectivity index is 1.42. The van der Waals surface area contributed by atoms with Crippen molar-refractivity contribution in [3.8, 4) is 0 Å². The normalized spacial score (nSPS) is 29.9. The Hall–Kier alpha value is -3.46. The van der Waals surface area contributed by atoms with Gasteiger partial charge in [0.1, 0.15) is 11.6 Å². The van der Waals surface area contributed by atoms with Crippen LogP contribution in [0.2, 0.25) is 5.02 Å². The molecular weight excluding hydrogens is 566 g/mol. The van der Waals surface area contributed by atoms with Gasteiger partial charge in [-0.25, -0.2) is 0 Å². The molecule has 4 heterocycles. The van der Waals surface area contributed by atoms with Crippen molar-refractivity contribution in [2.45, 2.75) is 56.9 Å². The van der Waals surface area contributed by atoms with Crippen LogP contribution in [0.15, 0.2) is 72.8 Å². The Labute approximate surface area is 257 Å². The lowest BCUT2D eigenvalue weighted by molar-refractivity contribution is -0.148. The molecule has 5 atom stereocenters. The van der Waals surface area contributed by atoms with Crippen molar-refractivity contribution in [1.29, 1.82) is 0 Å². The summed E-state index contributed by atoms with van der Waals surface area (Å²) in [5.41, 5.74) is 0.0436. The van der Waals surface area contributed by atoms with Crippen LogP contribution in [0.3, 0.4) is 0 Å². The average Bonchev–Trinajstić information content (AvgIpc) is 3.25. The lowest BCUT2D eigenvalue weighted by atomic mass is 9.74. The first-order chi connectivity index (χ1) is 20.7. The molecular formula is C34H38ClN3O5. The fourth-order valence-corrected chi connectivity index (χ4v) is 7.82. The molecule has 9 heteroatoms. The van der Waals surface area contributed by atoms with Crippen LogP contribution >= 0.6 is 11.6 Å². The van der Waals surface area contributed by atoms with E-state index in [4.69, 9.17) is 16.3 Å². The summed E-state index contributed by atoms with van der Waals surface area (Å²) in [6.07, 6.45) is 9.51. The minimum absolute atomic E-state index is 0.0623. The zero-order chi connectivity index (χ0) is 30.4.